The first-order valence-corrected chi connectivity index (χ1v) is 11.1. The second-order valence-electron chi connectivity index (χ2n) is 7.92. The largest absolute Gasteiger partial charge is 0.494 e. The Bertz CT molecular complexity index is 1150. The van der Waals surface area contributed by atoms with Crippen LogP contribution in [0.5, 0.6) is 10.9 Å². The van der Waals surface area contributed by atoms with Gasteiger partial charge in [0.15, 0.2) is 0 Å². The standard InChI is InChI=1S/C21H22ClN5O4S/c1-11-5-13(14-6-17(22)24-9-16(14)29-4)15(8-23-11)18(28)25-19-26-27-20(32-19)31-12-7-21(2,3)30-10-12/h5-6,8-9,12H,7,10H2,1-4H3,(H,25,26,28)/t12-/m0/s1. The summed E-state index contributed by atoms with van der Waals surface area (Å²) >= 11 is 7.24. The first-order chi connectivity index (χ1) is 15.2. The Morgan fingerprint density at radius 1 is 1.25 bits per heavy atom. The van der Waals surface area contributed by atoms with Crippen LogP contribution in [0, 0.1) is 6.92 Å². The van der Waals surface area contributed by atoms with Gasteiger partial charge in [-0.05, 0) is 44.2 Å². The maximum atomic E-state index is 13.1. The highest BCUT2D eigenvalue weighted by atomic mass is 35.5. The molecule has 32 heavy (non-hydrogen) atoms. The number of nitrogens with one attached hydrogen (secondary N) is 1. The van der Waals surface area contributed by atoms with Crippen LogP contribution in [0.3, 0.4) is 0 Å². The maximum absolute atomic E-state index is 13.1. The highest BCUT2D eigenvalue weighted by molar-refractivity contribution is 7.17. The number of halogens is 1. The first-order valence-electron chi connectivity index (χ1n) is 9.86. The van der Waals surface area contributed by atoms with Crippen molar-refractivity contribution in [3.05, 3.63) is 40.9 Å². The van der Waals surface area contributed by atoms with Crippen LogP contribution in [0.15, 0.2) is 24.5 Å². The number of rotatable bonds is 6. The summed E-state index contributed by atoms with van der Waals surface area (Å²) in [6, 6.07) is 3.44. The fourth-order valence-corrected chi connectivity index (χ4v) is 4.24. The number of ether oxygens (including phenoxy) is 3. The fourth-order valence-electron chi connectivity index (χ4n) is 3.43. The summed E-state index contributed by atoms with van der Waals surface area (Å²) in [5.41, 5.74) is 2.09. The minimum atomic E-state index is -0.393. The lowest BCUT2D eigenvalue weighted by Gasteiger charge is -2.15. The van der Waals surface area contributed by atoms with Crippen LogP contribution >= 0.6 is 22.9 Å². The fraction of sp³-hybridized carbons (Fsp3) is 0.381. The van der Waals surface area contributed by atoms with Crippen LogP contribution in [0.1, 0.15) is 36.3 Å². The molecule has 0 unspecified atom stereocenters. The summed E-state index contributed by atoms with van der Waals surface area (Å²) in [5, 5.41) is 11.8. The molecule has 1 aliphatic heterocycles. The first kappa shape index (κ1) is 22.4. The number of nitrogens with zero attached hydrogens (tertiary/aromatic N) is 4. The van der Waals surface area contributed by atoms with E-state index in [9.17, 15) is 4.79 Å². The van der Waals surface area contributed by atoms with Crippen molar-refractivity contribution in [2.45, 2.75) is 38.9 Å². The molecule has 1 N–H and O–H groups in total. The molecule has 1 saturated heterocycles. The number of carbonyl (C=O) groups is 1. The smallest absolute Gasteiger partial charge is 0.296 e. The highest BCUT2D eigenvalue weighted by Crippen LogP contribution is 2.35. The normalized spacial score (nSPS) is 17.2. The van der Waals surface area contributed by atoms with Gasteiger partial charge in [-0.3, -0.25) is 15.1 Å². The van der Waals surface area contributed by atoms with E-state index in [1.807, 2.05) is 20.8 Å². The summed E-state index contributed by atoms with van der Waals surface area (Å²) in [5.74, 6) is 0.0953. The molecule has 168 valence electrons. The molecule has 1 aliphatic rings. The summed E-state index contributed by atoms with van der Waals surface area (Å²) in [6.07, 6.45) is 3.67. The van der Waals surface area contributed by atoms with E-state index < -0.39 is 5.91 Å². The molecule has 4 heterocycles. The molecule has 4 rings (SSSR count). The molecule has 1 atom stereocenters. The number of pyridine rings is 2. The lowest BCUT2D eigenvalue weighted by Crippen LogP contribution is -2.20. The van der Waals surface area contributed by atoms with E-state index in [2.05, 4.69) is 25.5 Å². The van der Waals surface area contributed by atoms with Crippen molar-refractivity contribution >= 4 is 34.0 Å². The van der Waals surface area contributed by atoms with Gasteiger partial charge in [-0.2, -0.15) is 0 Å². The number of carbonyl (C=O) groups excluding carboxylic acids is 1. The Morgan fingerprint density at radius 3 is 2.78 bits per heavy atom. The molecule has 0 aromatic carbocycles. The Morgan fingerprint density at radius 2 is 2.06 bits per heavy atom. The number of hydrogen-bond donors (Lipinski definition) is 1. The zero-order chi connectivity index (χ0) is 22.9. The third-order valence-electron chi connectivity index (χ3n) is 4.90. The minimum absolute atomic E-state index is 0.0988. The molecular weight excluding hydrogens is 454 g/mol. The zero-order valence-electron chi connectivity index (χ0n) is 18.0. The Kier molecular flexibility index (Phi) is 6.27. The molecule has 0 saturated carbocycles. The van der Waals surface area contributed by atoms with Crippen molar-refractivity contribution in [2.75, 3.05) is 19.0 Å². The number of aromatic nitrogens is 4. The van der Waals surface area contributed by atoms with Crippen LogP contribution in [0.4, 0.5) is 5.13 Å². The van der Waals surface area contributed by atoms with Crippen molar-refractivity contribution in [2.24, 2.45) is 0 Å². The lowest BCUT2D eigenvalue weighted by molar-refractivity contribution is 0.0319. The van der Waals surface area contributed by atoms with Gasteiger partial charge in [0.25, 0.3) is 11.1 Å². The van der Waals surface area contributed by atoms with Crippen molar-refractivity contribution in [3.8, 4) is 22.1 Å². The molecule has 3 aromatic rings. The number of anilines is 1. The second-order valence-corrected chi connectivity index (χ2v) is 9.25. The van der Waals surface area contributed by atoms with Gasteiger partial charge in [0.2, 0.25) is 5.13 Å². The van der Waals surface area contributed by atoms with Gasteiger partial charge in [-0.15, -0.1) is 5.10 Å². The molecule has 0 bridgehead atoms. The van der Waals surface area contributed by atoms with Gasteiger partial charge in [0.1, 0.15) is 17.0 Å². The predicted octanol–water partition coefficient (Wildman–Crippen LogP) is 4.16. The maximum Gasteiger partial charge on any atom is 0.296 e. The number of hydrogen-bond acceptors (Lipinski definition) is 9. The van der Waals surface area contributed by atoms with Crippen molar-refractivity contribution in [3.63, 3.8) is 0 Å². The summed E-state index contributed by atoms with van der Waals surface area (Å²) < 4.78 is 16.9. The van der Waals surface area contributed by atoms with Gasteiger partial charge in [-0.25, -0.2) is 4.98 Å². The molecule has 0 radical (unpaired) electrons. The minimum Gasteiger partial charge on any atom is -0.494 e. The van der Waals surface area contributed by atoms with Gasteiger partial charge >= 0.3 is 0 Å². The molecule has 11 heteroatoms. The Balaban J connectivity index is 1.55. The molecule has 0 spiro atoms. The van der Waals surface area contributed by atoms with Crippen molar-refractivity contribution < 1.29 is 19.0 Å². The van der Waals surface area contributed by atoms with Crippen molar-refractivity contribution in [1.29, 1.82) is 0 Å². The lowest BCUT2D eigenvalue weighted by atomic mass is 10.0. The molecular formula is C21H22ClN5O4S. The van der Waals surface area contributed by atoms with E-state index >= 15 is 0 Å². The monoisotopic (exact) mass is 475 g/mol. The number of methoxy groups -OCH3 is 1. The summed E-state index contributed by atoms with van der Waals surface area (Å²) in [4.78, 5) is 21.4. The highest BCUT2D eigenvalue weighted by Gasteiger charge is 2.34. The SMILES string of the molecule is COc1cnc(Cl)cc1-c1cc(C)ncc1C(=O)Nc1nnc(O[C@@H]2COC(C)(C)C2)s1. The Hall–Kier alpha value is -2.82. The van der Waals surface area contributed by atoms with Crippen LogP contribution in [-0.4, -0.2) is 51.5 Å². The molecule has 0 aliphatic carbocycles. The van der Waals surface area contributed by atoms with E-state index in [0.29, 0.717) is 39.4 Å². The van der Waals surface area contributed by atoms with E-state index in [4.69, 9.17) is 25.8 Å². The molecule has 9 nitrogen and oxygen atoms in total. The van der Waals surface area contributed by atoms with Crippen LogP contribution < -0.4 is 14.8 Å². The average molecular weight is 476 g/mol. The zero-order valence-corrected chi connectivity index (χ0v) is 19.6. The molecule has 1 amide bonds. The van der Waals surface area contributed by atoms with E-state index in [1.54, 1.807) is 12.1 Å². The summed E-state index contributed by atoms with van der Waals surface area (Å²) in [6.45, 7) is 6.35. The quantitative estimate of drug-likeness (QED) is 0.529. The van der Waals surface area contributed by atoms with Crippen molar-refractivity contribution in [1.82, 2.24) is 20.2 Å². The van der Waals surface area contributed by atoms with Crippen LogP contribution in [0.25, 0.3) is 11.1 Å². The third kappa shape index (κ3) is 4.98. The third-order valence-corrected chi connectivity index (χ3v) is 5.84. The molecule has 3 aromatic heterocycles. The van der Waals surface area contributed by atoms with E-state index in [0.717, 1.165) is 23.5 Å². The van der Waals surface area contributed by atoms with Crippen LogP contribution in [0.2, 0.25) is 5.15 Å². The average Bonchev–Trinajstić information content (AvgIpc) is 3.33. The Labute approximate surface area is 194 Å². The van der Waals surface area contributed by atoms with Gasteiger partial charge < -0.3 is 14.2 Å². The van der Waals surface area contributed by atoms with E-state index in [-0.39, 0.29) is 16.9 Å². The predicted molar refractivity (Wildman–Crippen MR) is 121 cm³/mol. The topological polar surface area (TPSA) is 108 Å². The number of aryl methyl sites for hydroxylation is 1. The van der Waals surface area contributed by atoms with Crippen LogP contribution in [-0.2, 0) is 4.74 Å². The second kappa shape index (κ2) is 8.97. The van der Waals surface area contributed by atoms with Gasteiger partial charge in [0.05, 0.1) is 31.1 Å². The number of amides is 1. The van der Waals surface area contributed by atoms with E-state index in [1.165, 1.54) is 19.5 Å². The summed E-state index contributed by atoms with van der Waals surface area (Å²) in [7, 11) is 1.53. The van der Waals surface area contributed by atoms with Gasteiger partial charge in [0, 0.05) is 29.4 Å². The van der Waals surface area contributed by atoms with Gasteiger partial charge in [-0.1, -0.05) is 16.7 Å². The molecule has 1 fully saturated rings.